The van der Waals surface area contributed by atoms with Gasteiger partial charge in [-0.1, -0.05) is 23.2 Å². The third-order valence-electron chi connectivity index (χ3n) is 2.67. The van der Waals surface area contributed by atoms with E-state index in [2.05, 4.69) is 15.4 Å². The van der Waals surface area contributed by atoms with E-state index in [1.807, 2.05) is 13.0 Å². The molecule has 0 spiro atoms. The lowest BCUT2D eigenvalue weighted by Gasteiger charge is -2.18. The van der Waals surface area contributed by atoms with Crippen LogP contribution < -0.4 is 11.3 Å². The summed E-state index contributed by atoms with van der Waals surface area (Å²) >= 11 is 12.0. The summed E-state index contributed by atoms with van der Waals surface area (Å²) in [6.07, 6.45) is 5.01. The number of aryl methyl sites for hydroxylation is 1. The minimum absolute atomic E-state index is 0.316. The van der Waals surface area contributed by atoms with Crippen molar-refractivity contribution in [3.63, 3.8) is 0 Å². The lowest BCUT2D eigenvalue weighted by atomic mass is 10.0. The maximum absolute atomic E-state index is 6.14. The molecule has 3 N–H and O–H groups in total. The summed E-state index contributed by atoms with van der Waals surface area (Å²) in [7, 11) is 0. The first-order chi connectivity index (χ1) is 8.63. The molecule has 0 radical (unpaired) electrons. The van der Waals surface area contributed by atoms with Crippen LogP contribution in [0.3, 0.4) is 0 Å². The van der Waals surface area contributed by atoms with Crippen molar-refractivity contribution >= 4 is 23.2 Å². The molecule has 0 saturated carbocycles. The zero-order valence-corrected chi connectivity index (χ0v) is 11.2. The van der Waals surface area contributed by atoms with Gasteiger partial charge in [-0.05, 0) is 30.2 Å². The van der Waals surface area contributed by atoms with Gasteiger partial charge in [0.15, 0.2) is 0 Å². The average molecular weight is 283 g/mol. The van der Waals surface area contributed by atoms with Crippen molar-refractivity contribution in [2.45, 2.75) is 13.0 Å². The van der Waals surface area contributed by atoms with Crippen LogP contribution in [0, 0.1) is 6.92 Å². The molecule has 0 saturated heterocycles. The predicted molar refractivity (Wildman–Crippen MR) is 72.4 cm³/mol. The molecule has 6 heteroatoms. The number of hydrazine groups is 1. The molecule has 0 aliphatic heterocycles. The average Bonchev–Trinajstić information content (AvgIpc) is 2.34. The van der Waals surface area contributed by atoms with E-state index in [0.717, 1.165) is 11.1 Å². The smallest absolute Gasteiger partial charge is 0.0913 e. The first-order valence-electron chi connectivity index (χ1n) is 5.31. The van der Waals surface area contributed by atoms with E-state index in [1.165, 1.54) is 0 Å². The van der Waals surface area contributed by atoms with Gasteiger partial charge < -0.3 is 0 Å². The number of pyridine rings is 2. The first kappa shape index (κ1) is 13.2. The Kier molecular flexibility index (Phi) is 4.14. The summed E-state index contributed by atoms with van der Waals surface area (Å²) in [6.45, 7) is 1.98. The van der Waals surface area contributed by atoms with E-state index in [-0.39, 0.29) is 6.04 Å². The predicted octanol–water partition coefficient (Wildman–Crippen LogP) is 2.64. The van der Waals surface area contributed by atoms with Crippen LogP contribution in [0.4, 0.5) is 0 Å². The molecule has 0 aromatic carbocycles. The first-order valence-corrected chi connectivity index (χ1v) is 6.06. The second-order valence-corrected chi connectivity index (χ2v) is 4.70. The van der Waals surface area contributed by atoms with Gasteiger partial charge in [0.25, 0.3) is 0 Å². The number of hydrogen-bond donors (Lipinski definition) is 2. The molecule has 0 aliphatic rings. The van der Waals surface area contributed by atoms with E-state index in [9.17, 15) is 0 Å². The Hall–Kier alpha value is -1.20. The van der Waals surface area contributed by atoms with Gasteiger partial charge in [-0.15, -0.1) is 0 Å². The molecule has 4 nitrogen and oxygen atoms in total. The topological polar surface area (TPSA) is 63.8 Å². The molecule has 0 amide bonds. The summed E-state index contributed by atoms with van der Waals surface area (Å²) in [5.74, 6) is 5.60. The number of nitrogens with two attached hydrogens (primary N) is 1. The monoisotopic (exact) mass is 282 g/mol. The third kappa shape index (κ3) is 2.62. The lowest BCUT2D eigenvalue weighted by Crippen LogP contribution is -2.30. The summed E-state index contributed by atoms with van der Waals surface area (Å²) in [5.41, 5.74) is 5.31. The van der Waals surface area contributed by atoms with Crippen LogP contribution in [0.15, 0.2) is 30.7 Å². The molecule has 0 fully saturated rings. The Morgan fingerprint density at radius 2 is 2.11 bits per heavy atom. The fourth-order valence-electron chi connectivity index (χ4n) is 1.73. The van der Waals surface area contributed by atoms with Crippen LogP contribution in [0.2, 0.25) is 10.0 Å². The Balaban J connectivity index is 2.49. The minimum Gasteiger partial charge on any atom is -0.271 e. The van der Waals surface area contributed by atoms with Gasteiger partial charge in [-0.25, -0.2) is 5.43 Å². The minimum atomic E-state index is -0.316. The number of nitrogens with zero attached hydrogens (tertiary/aromatic N) is 2. The SMILES string of the molecule is Cc1ccncc1C(NN)c1ncc(Cl)cc1Cl. The molecule has 2 aromatic heterocycles. The number of aromatic nitrogens is 2. The van der Waals surface area contributed by atoms with Crippen molar-refractivity contribution in [2.24, 2.45) is 5.84 Å². The lowest BCUT2D eigenvalue weighted by molar-refractivity contribution is 0.616. The van der Waals surface area contributed by atoms with E-state index in [1.54, 1.807) is 24.7 Å². The second-order valence-electron chi connectivity index (χ2n) is 3.85. The molecule has 94 valence electrons. The molecule has 0 bridgehead atoms. The zero-order valence-electron chi connectivity index (χ0n) is 9.69. The Labute approximate surface area is 115 Å². The molecule has 0 aliphatic carbocycles. The van der Waals surface area contributed by atoms with E-state index >= 15 is 0 Å². The summed E-state index contributed by atoms with van der Waals surface area (Å²) in [5, 5.41) is 0.955. The maximum Gasteiger partial charge on any atom is 0.0913 e. The summed E-state index contributed by atoms with van der Waals surface area (Å²) in [6, 6.07) is 3.23. The van der Waals surface area contributed by atoms with Crippen molar-refractivity contribution in [1.82, 2.24) is 15.4 Å². The van der Waals surface area contributed by atoms with Crippen LogP contribution in [-0.4, -0.2) is 9.97 Å². The van der Waals surface area contributed by atoms with Gasteiger partial charge in [0, 0.05) is 18.6 Å². The highest BCUT2D eigenvalue weighted by atomic mass is 35.5. The third-order valence-corrected chi connectivity index (χ3v) is 3.18. The van der Waals surface area contributed by atoms with E-state index in [4.69, 9.17) is 29.0 Å². The molecular weight excluding hydrogens is 271 g/mol. The molecule has 1 unspecified atom stereocenters. The molecule has 1 atom stereocenters. The van der Waals surface area contributed by atoms with Crippen molar-refractivity contribution < 1.29 is 0 Å². The maximum atomic E-state index is 6.14. The van der Waals surface area contributed by atoms with Gasteiger partial charge in [-0.3, -0.25) is 15.8 Å². The molecule has 2 heterocycles. The molecular formula is C12H12Cl2N4. The van der Waals surface area contributed by atoms with Gasteiger partial charge in [0.1, 0.15) is 0 Å². The number of hydrogen-bond acceptors (Lipinski definition) is 4. The number of rotatable bonds is 3. The molecule has 18 heavy (non-hydrogen) atoms. The highest BCUT2D eigenvalue weighted by Gasteiger charge is 2.19. The fourth-order valence-corrected chi connectivity index (χ4v) is 2.22. The Morgan fingerprint density at radius 3 is 2.72 bits per heavy atom. The normalized spacial score (nSPS) is 12.4. The second kappa shape index (κ2) is 5.63. The highest BCUT2D eigenvalue weighted by molar-refractivity contribution is 6.34. The zero-order chi connectivity index (χ0) is 13.1. The summed E-state index contributed by atoms with van der Waals surface area (Å²) in [4.78, 5) is 8.33. The Bertz CT molecular complexity index is 560. The van der Waals surface area contributed by atoms with Crippen LogP contribution >= 0.6 is 23.2 Å². The van der Waals surface area contributed by atoms with Gasteiger partial charge in [0.05, 0.1) is 21.8 Å². The van der Waals surface area contributed by atoms with Crippen LogP contribution in [-0.2, 0) is 0 Å². The van der Waals surface area contributed by atoms with Crippen molar-refractivity contribution in [3.05, 3.63) is 57.6 Å². The molecule has 2 aromatic rings. The largest absolute Gasteiger partial charge is 0.271 e. The van der Waals surface area contributed by atoms with Crippen molar-refractivity contribution in [2.75, 3.05) is 0 Å². The van der Waals surface area contributed by atoms with E-state index in [0.29, 0.717) is 15.7 Å². The number of halogens is 2. The van der Waals surface area contributed by atoms with Gasteiger partial charge in [0.2, 0.25) is 0 Å². The Morgan fingerprint density at radius 1 is 1.33 bits per heavy atom. The quantitative estimate of drug-likeness (QED) is 0.671. The van der Waals surface area contributed by atoms with Gasteiger partial charge >= 0.3 is 0 Å². The van der Waals surface area contributed by atoms with E-state index < -0.39 is 0 Å². The van der Waals surface area contributed by atoms with Crippen LogP contribution in [0.1, 0.15) is 22.9 Å². The van der Waals surface area contributed by atoms with Crippen LogP contribution in [0.5, 0.6) is 0 Å². The fraction of sp³-hybridized carbons (Fsp3) is 0.167. The van der Waals surface area contributed by atoms with Crippen molar-refractivity contribution in [3.8, 4) is 0 Å². The standard InChI is InChI=1S/C12H12Cl2N4/c1-7-2-3-16-6-9(7)11(18-15)12-10(14)4-8(13)5-17-12/h2-6,11,18H,15H2,1H3. The summed E-state index contributed by atoms with van der Waals surface area (Å²) < 4.78 is 0. The highest BCUT2D eigenvalue weighted by Crippen LogP contribution is 2.28. The number of nitrogens with one attached hydrogen (secondary N) is 1. The van der Waals surface area contributed by atoms with Crippen LogP contribution in [0.25, 0.3) is 0 Å². The van der Waals surface area contributed by atoms with Gasteiger partial charge in [-0.2, -0.15) is 0 Å². The molecule has 2 rings (SSSR count). The van der Waals surface area contributed by atoms with Crippen molar-refractivity contribution in [1.29, 1.82) is 0 Å².